The van der Waals surface area contributed by atoms with Gasteiger partial charge in [0, 0.05) is 23.6 Å². The maximum atomic E-state index is 12.7. The number of primary sulfonamides is 1. The molecule has 8 heteroatoms. The van der Waals surface area contributed by atoms with Gasteiger partial charge < -0.3 is 10.6 Å². The lowest BCUT2D eigenvalue weighted by molar-refractivity contribution is 0.0622. The van der Waals surface area contributed by atoms with Crippen molar-refractivity contribution in [2.75, 3.05) is 13.1 Å². The van der Waals surface area contributed by atoms with Crippen LogP contribution >= 0.6 is 15.9 Å². The largest absolute Gasteiger partial charge is 0.334 e. The Hall–Kier alpha value is -0.960. The van der Waals surface area contributed by atoms with Gasteiger partial charge in [-0.15, -0.1) is 0 Å². The molecule has 1 saturated heterocycles. The van der Waals surface area contributed by atoms with Crippen LogP contribution in [0, 0.1) is 0 Å². The quantitative estimate of drug-likeness (QED) is 0.822. The van der Waals surface area contributed by atoms with Crippen molar-refractivity contribution in [1.29, 1.82) is 0 Å². The van der Waals surface area contributed by atoms with E-state index in [-0.39, 0.29) is 16.8 Å². The van der Waals surface area contributed by atoms with Gasteiger partial charge in [0.1, 0.15) is 0 Å². The number of rotatable bonds is 3. The van der Waals surface area contributed by atoms with Crippen molar-refractivity contribution in [3.63, 3.8) is 0 Å². The van der Waals surface area contributed by atoms with Crippen molar-refractivity contribution in [3.05, 3.63) is 28.2 Å². The second-order valence-corrected chi connectivity index (χ2v) is 7.49. The summed E-state index contributed by atoms with van der Waals surface area (Å²) in [4.78, 5) is 14.3. The SMILES string of the molecule is NC[C@H]1CCCCN1C(=O)c1cc(S(N)(=O)=O)ccc1Br. The van der Waals surface area contributed by atoms with Crippen LogP contribution in [0.15, 0.2) is 27.6 Å². The molecule has 1 aliphatic rings. The zero-order chi connectivity index (χ0) is 15.6. The van der Waals surface area contributed by atoms with Crippen molar-refractivity contribution in [3.8, 4) is 0 Å². The summed E-state index contributed by atoms with van der Waals surface area (Å²) in [6.45, 7) is 1.03. The minimum absolute atomic E-state index is 0.00344. The number of amides is 1. The molecule has 0 aromatic heterocycles. The van der Waals surface area contributed by atoms with Gasteiger partial charge in [-0.3, -0.25) is 4.79 Å². The summed E-state index contributed by atoms with van der Waals surface area (Å²) in [6, 6.07) is 4.20. The first-order valence-electron chi connectivity index (χ1n) is 6.68. The Morgan fingerprint density at radius 3 is 2.71 bits per heavy atom. The lowest BCUT2D eigenvalue weighted by atomic mass is 10.0. The first-order chi connectivity index (χ1) is 9.84. The minimum Gasteiger partial charge on any atom is -0.334 e. The summed E-state index contributed by atoms with van der Waals surface area (Å²) in [7, 11) is -3.84. The molecule has 1 heterocycles. The predicted octanol–water partition coefficient (Wildman–Crippen LogP) is 1.05. The van der Waals surface area contributed by atoms with Crippen LogP contribution in [0.4, 0.5) is 0 Å². The monoisotopic (exact) mass is 375 g/mol. The standard InChI is InChI=1S/C13H18BrN3O3S/c14-12-5-4-10(21(16,19)20)7-11(12)13(18)17-6-2-1-3-9(17)8-15/h4-5,7,9H,1-3,6,8,15H2,(H2,16,19,20)/t9-/m1/s1. The normalized spacial score (nSPS) is 19.6. The topological polar surface area (TPSA) is 106 Å². The van der Waals surface area contributed by atoms with E-state index in [2.05, 4.69) is 15.9 Å². The highest BCUT2D eigenvalue weighted by Crippen LogP contribution is 2.25. The van der Waals surface area contributed by atoms with Crippen LogP contribution in [0.3, 0.4) is 0 Å². The van der Waals surface area contributed by atoms with Gasteiger partial charge in [-0.25, -0.2) is 13.6 Å². The summed E-state index contributed by atoms with van der Waals surface area (Å²) in [5.41, 5.74) is 6.02. The van der Waals surface area contributed by atoms with Gasteiger partial charge in [-0.05, 0) is 53.4 Å². The first kappa shape index (κ1) is 16.4. The fourth-order valence-corrected chi connectivity index (χ4v) is 3.47. The molecule has 0 radical (unpaired) electrons. The third kappa shape index (κ3) is 3.63. The summed E-state index contributed by atoms with van der Waals surface area (Å²) in [6.07, 6.45) is 2.84. The molecular weight excluding hydrogens is 358 g/mol. The summed E-state index contributed by atoms with van der Waals surface area (Å²) >= 11 is 3.29. The van der Waals surface area contributed by atoms with E-state index in [4.69, 9.17) is 10.9 Å². The Morgan fingerprint density at radius 2 is 2.10 bits per heavy atom. The summed E-state index contributed by atoms with van der Waals surface area (Å²) < 4.78 is 23.4. The number of halogens is 1. The van der Waals surface area contributed by atoms with Crippen LogP contribution in [0.5, 0.6) is 0 Å². The maximum Gasteiger partial charge on any atom is 0.255 e. The van der Waals surface area contributed by atoms with Gasteiger partial charge in [-0.2, -0.15) is 0 Å². The van der Waals surface area contributed by atoms with Crippen LogP contribution in [0.25, 0.3) is 0 Å². The van der Waals surface area contributed by atoms with E-state index in [1.165, 1.54) is 18.2 Å². The molecule has 1 fully saturated rings. The molecule has 1 aromatic carbocycles. The zero-order valence-electron chi connectivity index (χ0n) is 11.5. The van der Waals surface area contributed by atoms with Crippen LogP contribution in [-0.4, -0.2) is 38.4 Å². The molecule has 21 heavy (non-hydrogen) atoms. The number of hydrogen-bond acceptors (Lipinski definition) is 4. The van der Waals surface area contributed by atoms with Gasteiger partial charge in [0.2, 0.25) is 10.0 Å². The number of likely N-dealkylation sites (tertiary alicyclic amines) is 1. The lowest BCUT2D eigenvalue weighted by Crippen LogP contribution is -2.47. The molecule has 0 saturated carbocycles. The molecule has 0 aliphatic carbocycles. The molecule has 0 unspecified atom stereocenters. The zero-order valence-corrected chi connectivity index (χ0v) is 13.9. The molecule has 6 nitrogen and oxygen atoms in total. The van der Waals surface area contributed by atoms with Gasteiger partial charge in [0.15, 0.2) is 0 Å². The average Bonchev–Trinajstić information content (AvgIpc) is 2.45. The molecule has 0 bridgehead atoms. The number of nitrogens with zero attached hydrogens (tertiary/aromatic N) is 1. The number of sulfonamides is 1. The Morgan fingerprint density at radius 1 is 1.38 bits per heavy atom. The van der Waals surface area contributed by atoms with Crippen LogP contribution < -0.4 is 10.9 Å². The van der Waals surface area contributed by atoms with E-state index in [9.17, 15) is 13.2 Å². The fourth-order valence-electron chi connectivity index (χ4n) is 2.51. The van der Waals surface area contributed by atoms with Gasteiger partial charge in [0.25, 0.3) is 5.91 Å². The fraction of sp³-hybridized carbons (Fsp3) is 0.462. The van der Waals surface area contributed by atoms with Crippen molar-refractivity contribution in [2.45, 2.75) is 30.2 Å². The number of hydrogen-bond donors (Lipinski definition) is 2. The molecule has 4 N–H and O–H groups in total. The van der Waals surface area contributed by atoms with E-state index in [0.717, 1.165) is 19.3 Å². The minimum atomic E-state index is -3.84. The van der Waals surface area contributed by atoms with Gasteiger partial charge in [-0.1, -0.05) is 0 Å². The molecule has 2 rings (SSSR count). The highest BCUT2D eigenvalue weighted by atomic mass is 79.9. The number of piperidine rings is 1. The molecule has 0 spiro atoms. The second kappa shape index (κ2) is 6.43. The molecule has 1 aromatic rings. The van der Waals surface area contributed by atoms with E-state index in [1.54, 1.807) is 4.90 Å². The van der Waals surface area contributed by atoms with Crippen molar-refractivity contribution in [1.82, 2.24) is 4.90 Å². The predicted molar refractivity (Wildman–Crippen MR) is 83.2 cm³/mol. The lowest BCUT2D eigenvalue weighted by Gasteiger charge is -2.35. The van der Waals surface area contributed by atoms with Crippen molar-refractivity contribution in [2.24, 2.45) is 10.9 Å². The highest BCUT2D eigenvalue weighted by Gasteiger charge is 2.28. The highest BCUT2D eigenvalue weighted by molar-refractivity contribution is 9.10. The molecular formula is C13H18BrN3O3S. The molecule has 1 amide bonds. The second-order valence-electron chi connectivity index (χ2n) is 5.07. The number of carbonyl (C=O) groups is 1. The van der Waals surface area contributed by atoms with Gasteiger partial charge in [0.05, 0.1) is 10.5 Å². The number of benzene rings is 1. The Labute approximate surface area is 132 Å². The van der Waals surface area contributed by atoms with Crippen molar-refractivity contribution >= 4 is 31.9 Å². The molecule has 116 valence electrons. The Kier molecular flexibility index (Phi) is 5.03. The van der Waals surface area contributed by atoms with Crippen LogP contribution in [0.1, 0.15) is 29.6 Å². The third-order valence-electron chi connectivity index (χ3n) is 3.66. The summed E-state index contributed by atoms with van der Waals surface area (Å²) in [5, 5.41) is 5.12. The van der Waals surface area contributed by atoms with Gasteiger partial charge >= 0.3 is 0 Å². The van der Waals surface area contributed by atoms with Crippen LogP contribution in [0.2, 0.25) is 0 Å². The molecule has 1 atom stereocenters. The Balaban J connectivity index is 2.38. The number of carbonyl (C=O) groups excluding carboxylic acids is 1. The smallest absolute Gasteiger partial charge is 0.255 e. The first-order valence-corrected chi connectivity index (χ1v) is 9.02. The van der Waals surface area contributed by atoms with E-state index in [1.807, 2.05) is 0 Å². The molecule has 1 aliphatic heterocycles. The van der Waals surface area contributed by atoms with E-state index < -0.39 is 10.0 Å². The van der Waals surface area contributed by atoms with Crippen LogP contribution in [-0.2, 0) is 10.0 Å². The number of nitrogens with two attached hydrogens (primary N) is 2. The van der Waals surface area contributed by atoms with E-state index in [0.29, 0.717) is 23.1 Å². The Bertz CT molecular complexity index is 648. The average molecular weight is 376 g/mol. The van der Waals surface area contributed by atoms with E-state index >= 15 is 0 Å². The third-order valence-corrected chi connectivity index (χ3v) is 5.26. The van der Waals surface area contributed by atoms with Crippen molar-refractivity contribution < 1.29 is 13.2 Å². The summed E-state index contributed by atoms with van der Waals surface area (Å²) in [5.74, 6) is -0.220. The maximum absolute atomic E-state index is 12.7.